The van der Waals surface area contributed by atoms with E-state index in [1.165, 1.54) is 25.3 Å². The number of anilines is 1. The van der Waals surface area contributed by atoms with Crippen LogP contribution in [0.5, 0.6) is 5.75 Å². The standard InChI is InChI=1S/C15H21N3O6/c1-4-17(5-2)12(15(20)21)9-14(19)16-11-7-6-10(18(22)23)8-13(11)24-3/h6-8,12H,4-5,9H2,1-3H3,(H,16,19)(H,20,21). The number of carbonyl (C=O) groups is 2. The molecular weight excluding hydrogens is 318 g/mol. The van der Waals surface area contributed by atoms with E-state index >= 15 is 0 Å². The summed E-state index contributed by atoms with van der Waals surface area (Å²) >= 11 is 0. The van der Waals surface area contributed by atoms with Crippen molar-refractivity contribution in [2.75, 3.05) is 25.5 Å². The number of ether oxygens (including phenoxy) is 1. The monoisotopic (exact) mass is 339 g/mol. The van der Waals surface area contributed by atoms with E-state index < -0.39 is 22.8 Å². The average Bonchev–Trinajstić information content (AvgIpc) is 2.54. The molecule has 0 saturated heterocycles. The number of hydrogen-bond donors (Lipinski definition) is 2. The Hall–Kier alpha value is -2.68. The van der Waals surface area contributed by atoms with Crippen LogP contribution in [0.25, 0.3) is 0 Å². The molecule has 0 bridgehead atoms. The summed E-state index contributed by atoms with van der Waals surface area (Å²) in [5.41, 5.74) is 0.0770. The predicted octanol–water partition coefficient (Wildman–Crippen LogP) is 1.73. The average molecular weight is 339 g/mol. The third kappa shape index (κ3) is 4.92. The highest BCUT2D eigenvalue weighted by Crippen LogP contribution is 2.29. The van der Waals surface area contributed by atoms with Crippen molar-refractivity contribution >= 4 is 23.3 Å². The van der Waals surface area contributed by atoms with E-state index in [-0.39, 0.29) is 23.5 Å². The predicted molar refractivity (Wildman–Crippen MR) is 87.2 cm³/mol. The fourth-order valence-corrected chi connectivity index (χ4v) is 2.31. The molecule has 1 atom stereocenters. The second kappa shape index (κ2) is 8.82. The number of aliphatic carboxylic acids is 1. The molecule has 0 aliphatic carbocycles. The number of likely N-dealkylation sites (N-methyl/N-ethyl adjacent to an activating group) is 1. The Morgan fingerprint density at radius 2 is 2.00 bits per heavy atom. The van der Waals surface area contributed by atoms with Crippen molar-refractivity contribution in [1.29, 1.82) is 0 Å². The quantitative estimate of drug-likeness (QED) is 0.519. The molecule has 9 heteroatoms. The summed E-state index contributed by atoms with van der Waals surface area (Å²) in [6, 6.07) is 2.83. The van der Waals surface area contributed by atoms with E-state index in [4.69, 9.17) is 4.74 Å². The van der Waals surface area contributed by atoms with Crippen LogP contribution < -0.4 is 10.1 Å². The molecule has 132 valence electrons. The van der Waals surface area contributed by atoms with Gasteiger partial charge in [-0.1, -0.05) is 13.8 Å². The number of carbonyl (C=O) groups excluding carboxylic acids is 1. The SMILES string of the molecule is CCN(CC)C(CC(=O)Nc1ccc([N+](=O)[O-])cc1OC)C(=O)O. The zero-order chi connectivity index (χ0) is 18.3. The summed E-state index contributed by atoms with van der Waals surface area (Å²) in [6.07, 6.45) is -0.239. The molecule has 0 aliphatic heterocycles. The van der Waals surface area contributed by atoms with Gasteiger partial charge in [0.15, 0.2) is 0 Å². The Balaban J connectivity index is 2.90. The number of carboxylic acid groups (broad SMARTS) is 1. The van der Waals surface area contributed by atoms with Gasteiger partial charge in [-0.3, -0.25) is 24.6 Å². The minimum absolute atomic E-state index is 0.132. The van der Waals surface area contributed by atoms with Crippen LogP contribution >= 0.6 is 0 Å². The highest BCUT2D eigenvalue weighted by molar-refractivity contribution is 5.95. The number of nitrogens with one attached hydrogen (secondary N) is 1. The van der Waals surface area contributed by atoms with Gasteiger partial charge in [-0.25, -0.2) is 0 Å². The van der Waals surface area contributed by atoms with Crippen molar-refractivity contribution in [3.63, 3.8) is 0 Å². The van der Waals surface area contributed by atoms with E-state index in [9.17, 15) is 24.8 Å². The Bertz CT molecular complexity index is 615. The largest absolute Gasteiger partial charge is 0.494 e. The molecule has 1 aromatic rings. The molecule has 24 heavy (non-hydrogen) atoms. The molecule has 0 aromatic heterocycles. The molecule has 1 amide bonds. The summed E-state index contributed by atoms with van der Waals surface area (Å²) in [5, 5.41) is 22.6. The van der Waals surface area contributed by atoms with E-state index in [1.54, 1.807) is 4.90 Å². The molecule has 9 nitrogen and oxygen atoms in total. The lowest BCUT2D eigenvalue weighted by Crippen LogP contribution is -2.43. The summed E-state index contributed by atoms with van der Waals surface area (Å²) in [5.74, 6) is -1.46. The van der Waals surface area contributed by atoms with E-state index in [2.05, 4.69) is 5.32 Å². The summed E-state index contributed by atoms with van der Waals surface area (Å²) < 4.78 is 5.03. The van der Waals surface area contributed by atoms with Crippen LogP contribution in [0, 0.1) is 10.1 Å². The van der Waals surface area contributed by atoms with Gasteiger partial charge in [-0.05, 0) is 19.2 Å². The number of nitro benzene ring substituents is 1. The van der Waals surface area contributed by atoms with Crippen molar-refractivity contribution in [2.45, 2.75) is 26.3 Å². The molecule has 1 rings (SSSR count). The first-order valence-electron chi connectivity index (χ1n) is 7.43. The van der Waals surface area contributed by atoms with Crippen molar-refractivity contribution in [3.8, 4) is 5.75 Å². The second-order valence-corrected chi connectivity index (χ2v) is 4.97. The molecule has 1 unspecified atom stereocenters. The van der Waals surface area contributed by atoms with Gasteiger partial charge in [0, 0.05) is 6.07 Å². The number of hydrogen-bond acceptors (Lipinski definition) is 6. The van der Waals surface area contributed by atoms with E-state index in [0.717, 1.165) is 0 Å². The van der Waals surface area contributed by atoms with Crippen LogP contribution in [-0.4, -0.2) is 53.0 Å². The molecule has 0 aliphatic rings. The minimum atomic E-state index is -1.08. The number of non-ortho nitro benzene ring substituents is 1. The van der Waals surface area contributed by atoms with Gasteiger partial charge >= 0.3 is 5.97 Å². The molecule has 0 radical (unpaired) electrons. The second-order valence-electron chi connectivity index (χ2n) is 4.97. The van der Waals surface area contributed by atoms with Crippen molar-refractivity contribution in [2.24, 2.45) is 0 Å². The first kappa shape index (κ1) is 19.4. The maximum atomic E-state index is 12.2. The first-order valence-corrected chi connectivity index (χ1v) is 7.43. The van der Waals surface area contributed by atoms with Crippen molar-refractivity contribution in [1.82, 2.24) is 4.90 Å². The molecule has 0 heterocycles. The maximum Gasteiger partial charge on any atom is 0.321 e. The minimum Gasteiger partial charge on any atom is -0.494 e. The van der Waals surface area contributed by atoms with E-state index in [1.807, 2.05) is 13.8 Å². The lowest BCUT2D eigenvalue weighted by Gasteiger charge is -2.25. The molecule has 0 fully saturated rings. The number of carboxylic acids is 1. The van der Waals surface area contributed by atoms with Gasteiger partial charge in [-0.15, -0.1) is 0 Å². The summed E-state index contributed by atoms with van der Waals surface area (Å²) in [7, 11) is 1.32. The summed E-state index contributed by atoms with van der Waals surface area (Å²) in [4.78, 5) is 35.4. The summed E-state index contributed by atoms with van der Waals surface area (Å²) in [6.45, 7) is 4.64. The Morgan fingerprint density at radius 1 is 1.38 bits per heavy atom. The van der Waals surface area contributed by atoms with Crippen LogP contribution in [0.2, 0.25) is 0 Å². The van der Waals surface area contributed by atoms with Crippen LogP contribution in [0.3, 0.4) is 0 Å². The van der Waals surface area contributed by atoms with Gasteiger partial charge in [0.25, 0.3) is 5.69 Å². The smallest absolute Gasteiger partial charge is 0.321 e. The fraction of sp³-hybridized carbons (Fsp3) is 0.467. The maximum absolute atomic E-state index is 12.2. The Labute approximate surface area is 139 Å². The highest BCUT2D eigenvalue weighted by atomic mass is 16.6. The van der Waals surface area contributed by atoms with Crippen LogP contribution in [0.1, 0.15) is 20.3 Å². The van der Waals surface area contributed by atoms with Gasteiger partial charge < -0.3 is 15.2 Å². The number of nitrogens with zero attached hydrogens (tertiary/aromatic N) is 2. The first-order chi connectivity index (χ1) is 11.3. The van der Waals surface area contributed by atoms with Crippen molar-refractivity contribution < 1.29 is 24.4 Å². The number of rotatable bonds is 9. The lowest BCUT2D eigenvalue weighted by molar-refractivity contribution is -0.384. The lowest BCUT2D eigenvalue weighted by atomic mass is 10.1. The van der Waals surface area contributed by atoms with Crippen LogP contribution in [0.15, 0.2) is 18.2 Å². The Kier molecular flexibility index (Phi) is 7.12. The molecule has 1 aromatic carbocycles. The van der Waals surface area contributed by atoms with Crippen LogP contribution in [0.4, 0.5) is 11.4 Å². The fourth-order valence-electron chi connectivity index (χ4n) is 2.31. The number of methoxy groups -OCH3 is 1. The van der Waals surface area contributed by atoms with Crippen LogP contribution in [-0.2, 0) is 9.59 Å². The number of benzene rings is 1. The zero-order valence-electron chi connectivity index (χ0n) is 13.8. The van der Waals surface area contributed by atoms with E-state index in [0.29, 0.717) is 13.1 Å². The third-order valence-corrected chi connectivity index (χ3v) is 3.59. The highest BCUT2D eigenvalue weighted by Gasteiger charge is 2.26. The van der Waals surface area contributed by atoms with Gasteiger partial charge in [0.2, 0.25) is 5.91 Å². The third-order valence-electron chi connectivity index (χ3n) is 3.59. The normalized spacial score (nSPS) is 11.8. The van der Waals surface area contributed by atoms with Gasteiger partial charge in [0.1, 0.15) is 11.8 Å². The number of amides is 1. The molecular formula is C15H21N3O6. The zero-order valence-corrected chi connectivity index (χ0v) is 13.8. The molecule has 0 saturated carbocycles. The van der Waals surface area contributed by atoms with Gasteiger partial charge in [0.05, 0.1) is 30.2 Å². The number of nitro groups is 1. The molecule has 2 N–H and O–H groups in total. The topological polar surface area (TPSA) is 122 Å². The van der Waals surface area contributed by atoms with Crippen molar-refractivity contribution in [3.05, 3.63) is 28.3 Å². The Morgan fingerprint density at radius 3 is 2.46 bits per heavy atom. The molecule has 0 spiro atoms. The van der Waals surface area contributed by atoms with Gasteiger partial charge in [-0.2, -0.15) is 0 Å².